The lowest BCUT2D eigenvalue weighted by Crippen LogP contribution is -2.20. The van der Waals surface area contributed by atoms with E-state index < -0.39 is 0 Å². The zero-order valence-corrected chi connectivity index (χ0v) is 14.2. The van der Waals surface area contributed by atoms with Gasteiger partial charge in [-0.3, -0.25) is 0 Å². The van der Waals surface area contributed by atoms with E-state index in [0.29, 0.717) is 21.5 Å². The minimum Gasteiger partial charge on any atom is -0.306 e. The number of alkyl halides is 2. The van der Waals surface area contributed by atoms with E-state index in [0.717, 1.165) is 17.8 Å². The molecule has 2 aromatic rings. The Labute approximate surface area is 139 Å². The lowest BCUT2D eigenvalue weighted by Gasteiger charge is -2.14. The molecule has 4 rings (SSSR count). The van der Waals surface area contributed by atoms with Crippen LogP contribution in [0.15, 0.2) is 36.5 Å². The molecule has 21 heavy (non-hydrogen) atoms. The number of anilines is 1. The van der Waals surface area contributed by atoms with Crippen molar-refractivity contribution in [3.05, 3.63) is 47.8 Å². The molecule has 2 bridgehead atoms. The monoisotopic (exact) mass is 409 g/mol. The Morgan fingerprint density at radius 2 is 2.05 bits per heavy atom. The molecule has 1 aromatic heterocycles. The van der Waals surface area contributed by atoms with Crippen LogP contribution in [0, 0.1) is 0 Å². The zero-order chi connectivity index (χ0) is 14.6. The van der Waals surface area contributed by atoms with E-state index in [1.807, 2.05) is 36.5 Å². The van der Waals surface area contributed by atoms with Crippen LogP contribution in [0.5, 0.6) is 0 Å². The molecule has 4 atom stereocenters. The van der Waals surface area contributed by atoms with Crippen molar-refractivity contribution >= 4 is 43.6 Å². The summed E-state index contributed by atoms with van der Waals surface area (Å²) in [4.78, 5) is 13.2. The summed E-state index contributed by atoms with van der Waals surface area (Å²) in [7, 11) is 0. The second-order valence-corrected chi connectivity index (χ2v) is 7.77. The molecule has 0 spiro atoms. The van der Waals surface area contributed by atoms with Crippen molar-refractivity contribution < 1.29 is 4.79 Å². The van der Waals surface area contributed by atoms with Gasteiger partial charge >= 0.3 is 6.03 Å². The highest BCUT2D eigenvalue weighted by Gasteiger charge is 2.51. The number of halogens is 2. The Morgan fingerprint density at radius 1 is 1.29 bits per heavy atom. The van der Waals surface area contributed by atoms with E-state index in [1.54, 1.807) is 0 Å². The van der Waals surface area contributed by atoms with Gasteiger partial charge in [-0.25, -0.2) is 4.79 Å². The van der Waals surface area contributed by atoms with Gasteiger partial charge in [0, 0.05) is 33.4 Å². The molecular weight excluding hydrogens is 398 g/mol. The number of carbonyl (C=O) groups is 1. The number of hydrogen-bond donors (Lipinski definition) is 1. The summed E-state index contributed by atoms with van der Waals surface area (Å²) in [5, 5.41) is 7.37. The standard InChI is InChI=1S/C15H13Br2N3O/c16-11-6-9-13(17)12(11)10-7-20(19-14(9)10)15(21)18-8-4-2-1-3-5-8/h1-5,7,9,11-13H,6H2,(H,18,21)/t9-,11-,12+,13+/m1/s1. The van der Waals surface area contributed by atoms with Crippen LogP contribution in [-0.4, -0.2) is 25.5 Å². The number of para-hydroxylation sites is 1. The third-order valence-corrected chi connectivity index (χ3v) is 6.46. The predicted octanol–water partition coefficient (Wildman–Crippen LogP) is 4.07. The summed E-state index contributed by atoms with van der Waals surface area (Å²) in [5.41, 5.74) is 3.04. The van der Waals surface area contributed by atoms with Gasteiger partial charge in [0.1, 0.15) is 0 Å². The number of rotatable bonds is 1. The van der Waals surface area contributed by atoms with Crippen molar-refractivity contribution in [3.8, 4) is 0 Å². The van der Waals surface area contributed by atoms with Crippen molar-refractivity contribution in [2.75, 3.05) is 5.32 Å². The van der Waals surface area contributed by atoms with Crippen LogP contribution < -0.4 is 5.32 Å². The van der Waals surface area contributed by atoms with E-state index in [9.17, 15) is 4.79 Å². The minimum atomic E-state index is -0.216. The summed E-state index contributed by atoms with van der Waals surface area (Å²) in [6, 6.07) is 9.21. The molecule has 0 unspecified atom stereocenters. The van der Waals surface area contributed by atoms with Gasteiger partial charge in [0.15, 0.2) is 0 Å². The van der Waals surface area contributed by atoms with Gasteiger partial charge in [0.2, 0.25) is 0 Å². The highest BCUT2D eigenvalue weighted by atomic mass is 79.9. The van der Waals surface area contributed by atoms with Crippen molar-refractivity contribution in [3.63, 3.8) is 0 Å². The van der Waals surface area contributed by atoms with Crippen LogP contribution in [-0.2, 0) is 0 Å². The van der Waals surface area contributed by atoms with E-state index >= 15 is 0 Å². The first-order valence-corrected chi connectivity index (χ1v) is 8.72. The first kappa shape index (κ1) is 13.5. The summed E-state index contributed by atoms with van der Waals surface area (Å²) in [5.74, 6) is 0.809. The Morgan fingerprint density at radius 3 is 2.81 bits per heavy atom. The Kier molecular flexibility index (Phi) is 3.19. The quantitative estimate of drug-likeness (QED) is 0.720. The number of nitrogens with zero attached hydrogens (tertiary/aromatic N) is 2. The van der Waals surface area contributed by atoms with Crippen LogP contribution in [0.1, 0.15) is 29.5 Å². The number of benzene rings is 1. The average Bonchev–Trinajstić information content (AvgIpc) is 3.08. The van der Waals surface area contributed by atoms with Crippen LogP contribution in [0.4, 0.5) is 10.5 Å². The number of nitrogens with one attached hydrogen (secondary N) is 1. The lowest BCUT2D eigenvalue weighted by atomic mass is 9.98. The molecule has 1 fully saturated rings. The fourth-order valence-electron chi connectivity index (χ4n) is 3.35. The van der Waals surface area contributed by atoms with E-state index in [-0.39, 0.29) is 6.03 Å². The molecule has 0 saturated heterocycles. The van der Waals surface area contributed by atoms with Crippen LogP contribution in [0.2, 0.25) is 0 Å². The average molecular weight is 411 g/mol. The number of carbonyl (C=O) groups excluding carboxylic acids is 1. The molecule has 0 aliphatic heterocycles. The van der Waals surface area contributed by atoms with Crippen molar-refractivity contribution in [2.24, 2.45) is 0 Å². The lowest BCUT2D eigenvalue weighted by molar-refractivity contribution is 0.250. The normalized spacial score (nSPS) is 29.4. The van der Waals surface area contributed by atoms with Gasteiger partial charge < -0.3 is 5.32 Å². The molecule has 2 aliphatic carbocycles. The van der Waals surface area contributed by atoms with Crippen molar-refractivity contribution in [1.29, 1.82) is 0 Å². The molecule has 1 amide bonds. The second-order valence-electron chi connectivity index (χ2n) is 5.54. The van der Waals surface area contributed by atoms with E-state index in [2.05, 4.69) is 42.3 Å². The van der Waals surface area contributed by atoms with E-state index in [4.69, 9.17) is 0 Å². The third-order valence-electron chi connectivity index (χ3n) is 4.31. The zero-order valence-electron chi connectivity index (χ0n) is 11.0. The Balaban J connectivity index is 1.61. The van der Waals surface area contributed by atoms with E-state index in [1.165, 1.54) is 10.2 Å². The molecule has 1 heterocycles. The molecule has 4 nitrogen and oxygen atoms in total. The fourth-order valence-corrected chi connectivity index (χ4v) is 5.90. The highest BCUT2D eigenvalue weighted by molar-refractivity contribution is 9.10. The van der Waals surface area contributed by atoms with Gasteiger partial charge in [0.05, 0.1) is 5.69 Å². The summed E-state index contributed by atoms with van der Waals surface area (Å²) < 4.78 is 1.43. The van der Waals surface area contributed by atoms with Gasteiger partial charge in [0.25, 0.3) is 0 Å². The smallest absolute Gasteiger partial charge is 0.306 e. The number of amides is 1. The SMILES string of the molecule is O=C(Nc1ccccc1)n1cc2c(n1)[C@@H]1C[C@@H](Br)[C@H]2[C@H]1Br. The summed E-state index contributed by atoms with van der Waals surface area (Å²) >= 11 is 7.51. The molecule has 6 heteroatoms. The molecule has 2 aliphatic rings. The first-order chi connectivity index (χ1) is 10.1. The summed E-state index contributed by atoms with van der Waals surface area (Å²) in [6.45, 7) is 0. The maximum absolute atomic E-state index is 12.3. The third kappa shape index (κ3) is 2.07. The van der Waals surface area contributed by atoms with Gasteiger partial charge in [-0.05, 0) is 24.1 Å². The first-order valence-electron chi connectivity index (χ1n) is 6.89. The second kappa shape index (κ2) is 4.95. The Hall–Kier alpha value is -1.14. The Bertz CT molecular complexity index is 700. The molecule has 108 valence electrons. The van der Waals surface area contributed by atoms with Crippen LogP contribution in [0.25, 0.3) is 0 Å². The highest BCUT2D eigenvalue weighted by Crippen LogP contribution is 2.58. The molecular formula is C15H13Br2N3O. The maximum atomic E-state index is 12.3. The topological polar surface area (TPSA) is 46.9 Å². The number of aromatic nitrogens is 2. The van der Waals surface area contributed by atoms with Crippen molar-refractivity contribution in [1.82, 2.24) is 9.78 Å². The fraction of sp³-hybridized carbons (Fsp3) is 0.333. The van der Waals surface area contributed by atoms with Crippen LogP contribution in [0.3, 0.4) is 0 Å². The number of fused-ring (bicyclic) bond motifs is 5. The van der Waals surface area contributed by atoms with Gasteiger partial charge in [-0.2, -0.15) is 9.78 Å². The van der Waals surface area contributed by atoms with Gasteiger partial charge in [-0.1, -0.05) is 50.1 Å². The maximum Gasteiger partial charge on any atom is 0.346 e. The molecule has 1 aromatic carbocycles. The predicted molar refractivity (Wildman–Crippen MR) is 88.6 cm³/mol. The van der Waals surface area contributed by atoms with Gasteiger partial charge in [-0.15, -0.1) is 0 Å². The summed E-state index contributed by atoms with van der Waals surface area (Å²) in [6.07, 6.45) is 2.95. The molecule has 1 N–H and O–H groups in total. The largest absolute Gasteiger partial charge is 0.346 e. The minimum absolute atomic E-state index is 0.216. The van der Waals surface area contributed by atoms with Crippen LogP contribution >= 0.6 is 31.9 Å². The molecule has 1 saturated carbocycles. The molecule has 0 radical (unpaired) electrons. The van der Waals surface area contributed by atoms with Crippen molar-refractivity contribution in [2.45, 2.75) is 27.9 Å². The number of hydrogen-bond acceptors (Lipinski definition) is 2.